The molecule has 3 heteroatoms. The van der Waals surface area contributed by atoms with E-state index in [4.69, 9.17) is 4.74 Å². The van der Waals surface area contributed by atoms with Gasteiger partial charge in [0.15, 0.2) is 0 Å². The van der Waals surface area contributed by atoms with Crippen LogP contribution in [-0.2, 0) is 9.53 Å². The van der Waals surface area contributed by atoms with E-state index in [-0.39, 0.29) is 5.97 Å². The van der Waals surface area contributed by atoms with Crippen LogP contribution in [0.4, 0.5) is 0 Å². The first-order valence-electron chi connectivity index (χ1n) is 3.90. The fourth-order valence-corrected chi connectivity index (χ4v) is 0.580. The monoisotopic (exact) mass is 157 g/mol. The molecule has 0 amide bonds. The summed E-state index contributed by atoms with van der Waals surface area (Å²) in [6.45, 7) is 6.59. The fourth-order valence-electron chi connectivity index (χ4n) is 0.580. The summed E-state index contributed by atoms with van der Waals surface area (Å²) < 4.78 is 4.73. The van der Waals surface area contributed by atoms with Crippen LogP contribution in [0.2, 0.25) is 0 Å². The van der Waals surface area contributed by atoms with Gasteiger partial charge in [-0.2, -0.15) is 0 Å². The molecule has 0 aliphatic rings. The smallest absolute Gasteiger partial charge is 0.351 e. The number of carbonyl (C=O) groups is 1. The van der Waals surface area contributed by atoms with Gasteiger partial charge in [-0.25, -0.2) is 4.79 Å². The van der Waals surface area contributed by atoms with Crippen LogP contribution in [0.15, 0.2) is 4.99 Å². The van der Waals surface area contributed by atoms with Gasteiger partial charge in [-0.1, -0.05) is 6.92 Å². The fraction of sp³-hybridized carbons (Fsp3) is 0.750. The van der Waals surface area contributed by atoms with Crippen molar-refractivity contribution in [1.82, 2.24) is 0 Å². The number of nitrogens with zero attached hydrogens (tertiary/aromatic N) is 1. The van der Waals surface area contributed by atoms with Gasteiger partial charge in [0, 0.05) is 6.54 Å². The summed E-state index contributed by atoms with van der Waals surface area (Å²) in [5, 5.41) is 0. The Bertz CT molecular complexity index is 152. The van der Waals surface area contributed by atoms with Crippen LogP contribution in [0.3, 0.4) is 0 Å². The third-order valence-electron chi connectivity index (χ3n) is 1.14. The second-order valence-electron chi connectivity index (χ2n) is 2.19. The van der Waals surface area contributed by atoms with E-state index >= 15 is 0 Å². The lowest BCUT2D eigenvalue weighted by Gasteiger charge is -1.99. The van der Waals surface area contributed by atoms with Crippen molar-refractivity contribution in [1.29, 1.82) is 0 Å². The third kappa shape index (κ3) is 4.53. The second kappa shape index (κ2) is 5.89. The third-order valence-corrected chi connectivity index (χ3v) is 1.14. The molecule has 0 bridgehead atoms. The van der Waals surface area contributed by atoms with E-state index in [1.807, 2.05) is 6.92 Å². The molecule has 0 aromatic carbocycles. The highest BCUT2D eigenvalue weighted by molar-refractivity contribution is 6.35. The molecule has 0 rings (SSSR count). The van der Waals surface area contributed by atoms with E-state index in [2.05, 4.69) is 4.99 Å². The number of carbonyl (C=O) groups excluding carboxylic acids is 1. The zero-order chi connectivity index (χ0) is 8.69. The number of hydrogen-bond donors (Lipinski definition) is 0. The van der Waals surface area contributed by atoms with E-state index in [9.17, 15) is 4.79 Å². The minimum atomic E-state index is -0.305. The van der Waals surface area contributed by atoms with Gasteiger partial charge in [-0.15, -0.1) is 0 Å². The van der Waals surface area contributed by atoms with Gasteiger partial charge < -0.3 is 4.74 Å². The Morgan fingerprint density at radius 1 is 1.45 bits per heavy atom. The molecule has 11 heavy (non-hydrogen) atoms. The summed E-state index contributed by atoms with van der Waals surface area (Å²) in [7, 11) is 0. The van der Waals surface area contributed by atoms with E-state index in [1.165, 1.54) is 0 Å². The van der Waals surface area contributed by atoms with Crippen molar-refractivity contribution in [2.75, 3.05) is 13.2 Å². The maximum absolute atomic E-state index is 10.9. The van der Waals surface area contributed by atoms with Crippen molar-refractivity contribution in [3.05, 3.63) is 0 Å². The molecule has 0 aliphatic carbocycles. The Labute approximate surface area is 67.5 Å². The highest BCUT2D eigenvalue weighted by atomic mass is 16.5. The van der Waals surface area contributed by atoms with Gasteiger partial charge in [-0.05, 0) is 20.3 Å². The maximum Gasteiger partial charge on any atom is 0.351 e. The maximum atomic E-state index is 10.9. The molecule has 0 N–H and O–H groups in total. The van der Waals surface area contributed by atoms with Crippen molar-refractivity contribution >= 4 is 11.7 Å². The molecule has 3 nitrogen and oxygen atoms in total. The first-order valence-corrected chi connectivity index (χ1v) is 3.90. The van der Waals surface area contributed by atoms with Crippen LogP contribution in [0, 0.1) is 0 Å². The largest absolute Gasteiger partial charge is 0.462 e. The molecule has 0 saturated heterocycles. The van der Waals surface area contributed by atoms with E-state index < -0.39 is 0 Å². The van der Waals surface area contributed by atoms with Crippen molar-refractivity contribution < 1.29 is 9.53 Å². The molecule has 0 fully saturated rings. The summed E-state index contributed by atoms with van der Waals surface area (Å²) in [4.78, 5) is 14.9. The van der Waals surface area contributed by atoms with E-state index in [0.29, 0.717) is 18.9 Å². The van der Waals surface area contributed by atoms with Crippen molar-refractivity contribution in [3.8, 4) is 0 Å². The number of aliphatic imine (C=N–C) groups is 1. The second-order valence-corrected chi connectivity index (χ2v) is 2.19. The molecule has 0 aliphatic heterocycles. The molecular formula is C8H15NO2. The molecule has 0 radical (unpaired) electrons. The lowest BCUT2D eigenvalue weighted by atomic mass is 10.4. The van der Waals surface area contributed by atoms with Gasteiger partial charge in [-0.3, -0.25) is 4.99 Å². The van der Waals surface area contributed by atoms with Crippen LogP contribution < -0.4 is 0 Å². The van der Waals surface area contributed by atoms with E-state index in [0.717, 1.165) is 6.42 Å². The predicted octanol–water partition coefficient (Wildman–Crippen LogP) is 1.42. The molecule has 0 unspecified atom stereocenters. The van der Waals surface area contributed by atoms with Crippen molar-refractivity contribution in [3.63, 3.8) is 0 Å². The Morgan fingerprint density at radius 2 is 2.09 bits per heavy atom. The van der Waals surface area contributed by atoms with Crippen LogP contribution in [0.25, 0.3) is 0 Å². The average molecular weight is 157 g/mol. The zero-order valence-electron chi connectivity index (χ0n) is 7.39. The topological polar surface area (TPSA) is 38.7 Å². The Balaban J connectivity index is 3.80. The Kier molecular flexibility index (Phi) is 5.43. The molecule has 0 aromatic heterocycles. The minimum absolute atomic E-state index is 0.305. The number of rotatable bonds is 4. The molecule has 64 valence electrons. The SMILES string of the molecule is CCC/N=C(\C)C(=O)OCC. The minimum Gasteiger partial charge on any atom is -0.462 e. The van der Waals surface area contributed by atoms with E-state index in [1.54, 1.807) is 13.8 Å². The summed E-state index contributed by atoms with van der Waals surface area (Å²) in [6.07, 6.45) is 0.955. The molecular weight excluding hydrogens is 142 g/mol. The van der Waals surface area contributed by atoms with Gasteiger partial charge in [0.1, 0.15) is 5.71 Å². The Hall–Kier alpha value is -0.860. The van der Waals surface area contributed by atoms with Crippen molar-refractivity contribution in [2.45, 2.75) is 27.2 Å². The van der Waals surface area contributed by atoms with Crippen LogP contribution in [0.1, 0.15) is 27.2 Å². The molecule has 0 heterocycles. The summed E-state index contributed by atoms with van der Waals surface area (Å²) >= 11 is 0. The van der Waals surface area contributed by atoms with Gasteiger partial charge in [0.05, 0.1) is 6.61 Å². The van der Waals surface area contributed by atoms with Gasteiger partial charge in [0.2, 0.25) is 0 Å². The number of esters is 1. The summed E-state index contributed by atoms with van der Waals surface area (Å²) in [5.41, 5.74) is 0.466. The first-order chi connectivity index (χ1) is 5.22. The molecule has 0 atom stereocenters. The quantitative estimate of drug-likeness (QED) is 0.457. The first kappa shape index (κ1) is 10.1. The highest BCUT2D eigenvalue weighted by Gasteiger charge is 2.03. The normalized spacial score (nSPS) is 11.4. The standard InChI is InChI=1S/C8H15NO2/c1-4-6-9-7(3)8(10)11-5-2/h4-6H2,1-3H3/b9-7+. The van der Waals surface area contributed by atoms with Crippen LogP contribution in [0.5, 0.6) is 0 Å². The zero-order valence-corrected chi connectivity index (χ0v) is 7.39. The lowest BCUT2D eigenvalue weighted by Crippen LogP contribution is -2.14. The predicted molar refractivity (Wildman–Crippen MR) is 44.9 cm³/mol. The van der Waals surface area contributed by atoms with Crippen LogP contribution in [-0.4, -0.2) is 24.8 Å². The van der Waals surface area contributed by atoms with Gasteiger partial charge >= 0.3 is 5.97 Å². The molecule has 0 saturated carbocycles. The summed E-state index contributed by atoms with van der Waals surface area (Å²) in [5.74, 6) is -0.305. The molecule has 0 spiro atoms. The van der Waals surface area contributed by atoms with Gasteiger partial charge in [0.25, 0.3) is 0 Å². The number of ether oxygens (including phenoxy) is 1. The lowest BCUT2D eigenvalue weighted by molar-refractivity contribution is -0.135. The van der Waals surface area contributed by atoms with Crippen molar-refractivity contribution in [2.24, 2.45) is 4.99 Å². The molecule has 0 aromatic rings. The summed E-state index contributed by atoms with van der Waals surface area (Å²) in [6, 6.07) is 0. The average Bonchev–Trinajstić information content (AvgIpc) is 2.00. The Morgan fingerprint density at radius 3 is 2.55 bits per heavy atom. The highest BCUT2D eigenvalue weighted by Crippen LogP contribution is 1.86. The van der Waals surface area contributed by atoms with Crippen LogP contribution >= 0.6 is 0 Å². The number of hydrogen-bond acceptors (Lipinski definition) is 3.